The number of hydrogen-bond donors (Lipinski definition) is 1. The van der Waals surface area contributed by atoms with Crippen LogP contribution in [0.3, 0.4) is 0 Å². The molecule has 156 valence electrons. The Hall–Kier alpha value is -2.56. The normalized spacial score (nSPS) is 14.8. The van der Waals surface area contributed by atoms with E-state index in [1.54, 1.807) is 11.3 Å². The summed E-state index contributed by atoms with van der Waals surface area (Å²) < 4.78 is 2.24. The van der Waals surface area contributed by atoms with E-state index in [1.807, 2.05) is 12.1 Å². The van der Waals surface area contributed by atoms with E-state index in [0.29, 0.717) is 12.1 Å². The molecule has 8 nitrogen and oxygen atoms in total. The van der Waals surface area contributed by atoms with Crippen molar-refractivity contribution in [3.05, 3.63) is 62.6 Å². The molecule has 0 bridgehead atoms. The predicted octanol–water partition coefficient (Wildman–Crippen LogP) is 3.52. The Kier molecular flexibility index (Phi) is 6.26. The quantitative estimate of drug-likeness (QED) is 0.420. The molecular weight excluding hydrogens is 470 g/mol. The van der Waals surface area contributed by atoms with Crippen LogP contribution in [-0.4, -0.2) is 60.0 Å². The van der Waals surface area contributed by atoms with Gasteiger partial charge in [0.1, 0.15) is 0 Å². The number of rotatable bonds is 6. The van der Waals surface area contributed by atoms with E-state index in [2.05, 4.69) is 37.1 Å². The Bertz CT molecular complexity index is 1060. The number of halogens is 1. The highest BCUT2D eigenvalue weighted by Gasteiger charge is 2.20. The van der Waals surface area contributed by atoms with Crippen LogP contribution in [0, 0.1) is 10.1 Å². The highest BCUT2D eigenvalue weighted by atomic mass is 79.9. The van der Waals surface area contributed by atoms with Crippen LogP contribution >= 0.6 is 27.3 Å². The number of anilines is 1. The number of fused-ring (bicyclic) bond motifs is 1. The Morgan fingerprint density at radius 2 is 1.90 bits per heavy atom. The first-order valence-electron chi connectivity index (χ1n) is 9.56. The standard InChI is InChI=1S/C20H20BrN5O3S/c21-15-3-6-17-18(13-15)30-20(23-17)25-11-9-24(10-12-25)8-7-22-19(27)14-1-4-16(5-2-14)26(28)29/h1-6,13H,7-12H2,(H,22,27). The predicted molar refractivity (Wildman–Crippen MR) is 121 cm³/mol. The number of piperazine rings is 1. The second-order valence-electron chi connectivity index (χ2n) is 7.00. The number of nitrogens with zero attached hydrogens (tertiary/aromatic N) is 4. The molecule has 0 aliphatic carbocycles. The summed E-state index contributed by atoms with van der Waals surface area (Å²) in [5, 5.41) is 14.6. The fraction of sp³-hybridized carbons (Fsp3) is 0.300. The Morgan fingerprint density at radius 3 is 2.60 bits per heavy atom. The van der Waals surface area contributed by atoms with Gasteiger partial charge in [-0.1, -0.05) is 27.3 Å². The van der Waals surface area contributed by atoms with Crippen LogP contribution in [0.15, 0.2) is 46.9 Å². The van der Waals surface area contributed by atoms with Gasteiger partial charge in [-0.2, -0.15) is 0 Å². The van der Waals surface area contributed by atoms with Crippen LogP contribution in [0.1, 0.15) is 10.4 Å². The lowest BCUT2D eigenvalue weighted by Gasteiger charge is -2.34. The number of benzene rings is 2. The minimum Gasteiger partial charge on any atom is -0.351 e. The molecule has 10 heteroatoms. The van der Waals surface area contributed by atoms with Crippen LogP contribution < -0.4 is 10.2 Å². The van der Waals surface area contributed by atoms with Crippen molar-refractivity contribution in [2.24, 2.45) is 0 Å². The third-order valence-electron chi connectivity index (χ3n) is 5.04. The first-order chi connectivity index (χ1) is 14.5. The number of aromatic nitrogens is 1. The number of nitro benzene ring substituents is 1. The molecule has 1 saturated heterocycles. The number of hydrogen-bond acceptors (Lipinski definition) is 7. The summed E-state index contributed by atoms with van der Waals surface area (Å²) in [6, 6.07) is 11.8. The van der Waals surface area contributed by atoms with Gasteiger partial charge < -0.3 is 10.2 Å². The number of non-ortho nitro benzene ring substituents is 1. The fourth-order valence-electron chi connectivity index (χ4n) is 3.35. The van der Waals surface area contributed by atoms with Crippen molar-refractivity contribution in [1.29, 1.82) is 0 Å². The SMILES string of the molecule is O=C(NCCN1CCN(c2nc3ccc(Br)cc3s2)CC1)c1ccc([N+](=O)[O-])cc1. The molecule has 1 amide bonds. The van der Waals surface area contributed by atoms with Gasteiger partial charge in [-0.25, -0.2) is 4.98 Å². The molecule has 0 radical (unpaired) electrons. The minimum absolute atomic E-state index is 0.0230. The van der Waals surface area contributed by atoms with Crippen LogP contribution in [0.25, 0.3) is 10.2 Å². The second kappa shape index (κ2) is 9.07. The van der Waals surface area contributed by atoms with E-state index in [4.69, 9.17) is 4.98 Å². The van der Waals surface area contributed by atoms with Gasteiger partial charge in [-0.05, 0) is 30.3 Å². The monoisotopic (exact) mass is 489 g/mol. The molecule has 2 heterocycles. The van der Waals surface area contributed by atoms with Crippen LogP contribution in [0.4, 0.5) is 10.8 Å². The highest BCUT2D eigenvalue weighted by molar-refractivity contribution is 9.10. The van der Waals surface area contributed by atoms with Crippen LogP contribution in [0.5, 0.6) is 0 Å². The average Bonchev–Trinajstić information content (AvgIpc) is 3.17. The lowest BCUT2D eigenvalue weighted by molar-refractivity contribution is -0.384. The number of nitrogens with one attached hydrogen (secondary N) is 1. The molecule has 0 atom stereocenters. The first-order valence-corrected chi connectivity index (χ1v) is 11.2. The number of thiazole rings is 1. The Labute approximate surface area is 185 Å². The molecular formula is C20H20BrN5O3S. The maximum absolute atomic E-state index is 12.2. The number of carbonyl (C=O) groups excluding carboxylic acids is 1. The van der Waals surface area contributed by atoms with Gasteiger partial charge in [-0.3, -0.25) is 19.8 Å². The summed E-state index contributed by atoms with van der Waals surface area (Å²) in [5.74, 6) is -0.218. The van der Waals surface area contributed by atoms with Crippen molar-refractivity contribution >= 4 is 54.2 Å². The van der Waals surface area contributed by atoms with E-state index in [-0.39, 0.29) is 11.6 Å². The molecule has 30 heavy (non-hydrogen) atoms. The third kappa shape index (κ3) is 4.77. The lowest BCUT2D eigenvalue weighted by Crippen LogP contribution is -2.48. The van der Waals surface area contributed by atoms with Crippen LogP contribution in [-0.2, 0) is 0 Å². The minimum atomic E-state index is -0.478. The van der Waals surface area contributed by atoms with Gasteiger partial charge in [0.25, 0.3) is 11.6 Å². The number of carbonyl (C=O) groups is 1. The van der Waals surface area contributed by atoms with Crippen molar-refractivity contribution in [3.8, 4) is 0 Å². The molecule has 2 aromatic carbocycles. The van der Waals surface area contributed by atoms with E-state index < -0.39 is 4.92 Å². The lowest BCUT2D eigenvalue weighted by atomic mass is 10.2. The van der Waals surface area contributed by atoms with Crippen molar-refractivity contribution < 1.29 is 9.72 Å². The summed E-state index contributed by atoms with van der Waals surface area (Å²) in [4.78, 5) is 31.8. The van der Waals surface area contributed by atoms with Gasteiger partial charge in [0.2, 0.25) is 0 Å². The summed E-state index contributed by atoms with van der Waals surface area (Å²) in [6.45, 7) is 4.92. The second-order valence-corrected chi connectivity index (χ2v) is 8.92. The molecule has 0 unspecified atom stereocenters. The van der Waals surface area contributed by atoms with Crippen LogP contribution in [0.2, 0.25) is 0 Å². The molecule has 1 aromatic heterocycles. The third-order valence-corrected chi connectivity index (χ3v) is 6.61. The Balaban J connectivity index is 1.23. The largest absolute Gasteiger partial charge is 0.351 e. The van der Waals surface area contributed by atoms with E-state index in [9.17, 15) is 14.9 Å². The van der Waals surface area contributed by atoms with Gasteiger partial charge in [0.15, 0.2) is 5.13 Å². The van der Waals surface area contributed by atoms with Gasteiger partial charge in [0, 0.05) is 61.4 Å². The van der Waals surface area contributed by atoms with E-state index >= 15 is 0 Å². The fourth-order valence-corrected chi connectivity index (χ4v) is 4.92. The average molecular weight is 490 g/mol. The van der Waals surface area contributed by atoms with Gasteiger partial charge in [-0.15, -0.1) is 0 Å². The number of amides is 1. The number of nitro groups is 1. The summed E-state index contributed by atoms with van der Waals surface area (Å²) in [5.41, 5.74) is 1.42. The zero-order valence-corrected chi connectivity index (χ0v) is 18.5. The maximum atomic E-state index is 12.2. The Morgan fingerprint density at radius 1 is 1.17 bits per heavy atom. The molecule has 4 rings (SSSR count). The summed E-state index contributed by atoms with van der Waals surface area (Å²) >= 11 is 5.21. The van der Waals surface area contributed by atoms with Crippen molar-refractivity contribution in [1.82, 2.24) is 15.2 Å². The van der Waals surface area contributed by atoms with E-state index in [1.165, 1.54) is 29.0 Å². The molecule has 3 aromatic rings. The molecule has 1 aliphatic heterocycles. The first kappa shape index (κ1) is 20.7. The molecule has 1 N–H and O–H groups in total. The highest BCUT2D eigenvalue weighted by Crippen LogP contribution is 2.31. The molecule has 0 saturated carbocycles. The van der Waals surface area contributed by atoms with Gasteiger partial charge in [0.05, 0.1) is 15.1 Å². The van der Waals surface area contributed by atoms with Gasteiger partial charge >= 0.3 is 0 Å². The van der Waals surface area contributed by atoms with Crippen molar-refractivity contribution in [2.75, 3.05) is 44.2 Å². The topological polar surface area (TPSA) is 91.6 Å². The molecule has 1 aliphatic rings. The molecule has 1 fully saturated rings. The van der Waals surface area contributed by atoms with E-state index in [0.717, 1.165) is 47.8 Å². The summed E-state index contributed by atoms with van der Waals surface area (Å²) in [6.07, 6.45) is 0. The van der Waals surface area contributed by atoms with Crippen molar-refractivity contribution in [2.45, 2.75) is 0 Å². The van der Waals surface area contributed by atoms with Crippen molar-refractivity contribution in [3.63, 3.8) is 0 Å². The zero-order chi connectivity index (χ0) is 21.1. The summed E-state index contributed by atoms with van der Waals surface area (Å²) in [7, 11) is 0. The zero-order valence-electron chi connectivity index (χ0n) is 16.1. The molecule has 0 spiro atoms. The smallest absolute Gasteiger partial charge is 0.269 e. The maximum Gasteiger partial charge on any atom is 0.269 e.